The second-order valence-electron chi connectivity index (χ2n) is 3.60. The van der Waals surface area contributed by atoms with Crippen molar-refractivity contribution < 1.29 is 9.59 Å². The van der Waals surface area contributed by atoms with E-state index in [0.29, 0.717) is 20.9 Å². The summed E-state index contributed by atoms with van der Waals surface area (Å²) in [5.74, 6) is -0.924. The van der Waals surface area contributed by atoms with Crippen molar-refractivity contribution in [3.8, 4) is 0 Å². The Morgan fingerprint density at radius 3 is 1.88 bits per heavy atom. The van der Waals surface area contributed by atoms with Crippen LogP contribution in [0.2, 0.25) is 0 Å². The number of hydrogen-bond acceptors (Lipinski definition) is 2. The van der Waals surface area contributed by atoms with Gasteiger partial charge in [0.1, 0.15) is 0 Å². The van der Waals surface area contributed by atoms with Crippen LogP contribution < -0.4 is 0 Å². The third kappa shape index (κ3) is 1.03. The first-order chi connectivity index (χ1) is 7.70. The lowest BCUT2D eigenvalue weighted by atomic mass is 9.95. The van der Waals surface area contributed by atoms with E-state index in [1.165, 1.54) is 0 Å². The molecule has 0 atom stereocenters. The van der Waals surface area contributed by atoms with Gasteiger partial charge in [0, 0.05) is 28.3 Å². The molecule has 78 valence electrons. The molecule has 1 aliphatic rings. The van der Waals surface area contributed by atoms with Crippen molar-refractivity contribution in [2.24, 2.45) is 0 Å². The van der Waals surface area contributed by atoms with E-state index in [0.717, 1.165) is 5.39 Å². The summed E-state index contributed by atoms with van der Waals surface area (Å²) in [5, 5.41) is 1.57. The van der Waals surface area contributed by atoms with E-state index < -0.39 is 11.8 Å². The minimum Gasteiger partial charge on any atom is -0.267 e. The maximum absolute atomic E-state index is 11.8. The molecular weight excluding hydrogens is 226 g/mol. The molecule has 1 heterocycles. The van der Waals surface area contributed by atoms with Gasteiger partial charge in [0.15, 0.2) is 0 Å². The molecule has 3 nitrogen and oxygen atoms in total. The zero-order chi connectivity index (χ0) is 11.3. The topological polar surface area (TPSA) is 37.4 Å². The lowest BCUT2D eigenvalue weighted by Crippen LogP contribution is -2.32. The molecule has 0 radical (unpaired) electrons. The highest BCUT2D eigenvalue weighted by Gasteiger charge is 2.31. The Morgan fingerprint density at radius 2 is 1.38 bits per heavy atom. The molecule has 2 amide bonds. The monoisotopic (exact) mass is 231 g/mol. The first-order valence-corrected chi connectivity index (χ1v) is 5.10. The number of nitrogens with zero attached hydrogens (tertiary/aromatic N) is 1. The SMILES string of the molecule is O=C1c2cccc3cccc(c23)C(=O)N1Cl. The van der Waals surface area contributed by atoms with Gasteiger partial charge in [0.25, 0.3) is 11.8 Å². The molecule has 3 rings (SSSR count). The number of carbonyl (C=O) groups is 2. The molecule has 2 aromatic rings. The fourth-order valence-electron chi connectivity index (χ4n) is 2.00. The maximum atomic E-state index is 11.8. The van der Waals surface area contributed by atoms with Crippen LogP contribution in [0.5, 0.6) is 0 Å². The summed E-state index contributed by atoms with van der Waals surface area (Å²) < 4.78 is 0.636. The molecule has 0 aliphatic carbocycles. The van der Waals surface area contributed by atoms with Gasteiger partial charge in [-0.15, -0.1) is 0 Å². The normalized spacial score (nSPS) is 14.7. The lowest BCUT2D eigenvalue weighted by Gasteiger charge is -2.20. The van der Waals surface area contributed by atoms with E-state index >= 15 is 0 Å². The van der Waals surface area contributed by atoms with Crippen molar-refractivity contribution >= 4 is 34.4 Å². The van der Waals surface area contributed by atoms with E-state index in [-0.39, 0.29) is 0 Å². The van der Waals surface area contributed by atoms with Crippen LogP contribution in [0, 0.1) is 0 Å². The molecule has 0 saturated carbocycles. The van der Waals surface area contributed by atoms with Gasteiger partial charge in [0.2, 0.25) is 0 Å². The quantitative estimate of drug-likeness (QED) is 0.516. The largest absolute Gasteiger partial charge is 0.276 e. The van der Waals surface area contributed by atoms with Crippen LogP contribution in [0.4, 0.5) is 0 Å². The predicted molar refractivity (Wildman–Crippen MR) is 60.3 cm³/mol. The van der Waals surface area contributed by atoms with Crippen molar-refractivity contribution in [1.82, 2.24) is 4.42 Å². The Morgan fingerprint density at radius 1 is 0.875 bits per heavy atom. The molecule has 0 saturated heterocycles. The highest BCUT2D eigenvalue weighted by Crippen LogP contribution is 2.30. The number of amides is 2. The average Bonchev–Trinajstić information content (AvgIpc) is 2.33. The van der Waals surface area contributed by atoms with Gasteiger partial charge in [-0.2, -0.15) is 4.42 Å². The number of hydrogen-bond donors (Lipinski definition) is 0. The summed E-state index contributed by atoms with van der Waals surface area (Å²) in [5.41, 5.74) is 0.949. The van der Waals surface area contributed by atoms with Crippen molar-refractivity contribution in [2.45, 2.75) is 0 Å². The van der Waals surface area contributed by atoms with Crippen molar-refractivity contribution in [3.63, 3.8) is 0 Å². The van der Waals surface area contributed by atoms with Gasteiger partial charge >= 0.3 is 0 Å². The number of benzene rings is 2. The third-order valence-electron chi connectivity index (χ3n) is 2.72. The summed E-state index contributed by atoms with van der Waals surface area (Å²) in [7, 11) is 0. The number of carbonyl (C=O) groups excluding carboxylic acids is 2. The van der Waals surface area contributed by atoms with E-state index in [9.17, 15) is 9.59 Å². The van der Waals surface area contributed by atoms with Gasteiger partial charge in [-0.3, -0.25) is 9.59 Å². The van der Waals surface area contributed by atoms with Crippen LogP contribution in [0.25, 0.3) is 10.8 Å². The second-order valence-corrected chi connectivity index (χ2v) is 3.94. The van der Waals surface area contributed by atoms with Crippen LogP contribution in [0.15, 0.2) is 36.4 Å². The molecule has 0 aromatic heterocycles. The fourth-order valence-corrected chi connectivity index (χ4v) is 2.18. The minimum absolute atomic E-state index is 0.462. The molecule has 16 heavy (non-hydrogen) atoms. The van der Waals surface area contributed by atoms with Crippen LogP contribution in [0.1, 0.15) is 20.7 Å². The third-order valence-corrected chi connectivity index (χ3v) is 3.03. The summed E-state index contributed by atoms with van der Waals surface area (Å²) >= 11 is 5.66. The summed E-state index contributed by atoms with van der Waals surface area (Å²) in [6.07, 6.45) is 0. The summed E-state index contributed by atoms with van der Waals surface area (Å²) in [6.45, 7) is 0. The van der Waals surface area contributed by atoms with Crippen molar-refractivity contribution in [1.29, 1.82) is 0 Å². The molecule has 0 unspecified atom stereocenters. The van der Waals surface area contributed by atoms with Gasteiger partial charge < -0.3 is 0 Å². The fraction of sp³-hybridized carbons (Fsp3) is 0. The zero-order valence-corrected chi connectivity index (χ0v) is 8.86. The molecule has 0 bridgehead atoms. The Balaban J connectivity index is 2.52. The van der Waals surface area contributed by atoms with Crippen LogP contribution in [-0.2, 0) is 0 Å². The van der Waals surface area contributed by atoms with E-state index in [4.69, 9.17) is 11.8 Å². The zero-order valence-electron chi connectivity index (χ0n) is 8.11. The molecule has 0 fully saturated rings. The number of imide groups is 1. The smallest absolute Gasteiger partial charge is 0.267 e. The van der Waals surface area contributed by atoms with Crippen LogP contribution in [0.3, 0.4) is 0 Å². The second kappa shape index (κ2) is 3.06. The lowest BCUT2D eigenvalue weighted by molar-refractivity contribution is 0.0728. The molecule has 0 spiro atoms. The molecule has 0 N–H and O–H groups in total. The standard InChI is InChI=1S/C12H6ClNO2/c13-14-11(15)8-5-1-3-7-4-2-6-9(10(7)8)12(14)16/h1-6H. The number of rotatable bonds is 0. The van der Waals surface area contributed by atoms with Crippen LogP contribution in [-0.4, -0.2) is 16.2 Å². The number of halogens is 1. The van der Waals surface area contributed by atoms with Crippen LogP contribution >= 0.6 is 11.8 Å². The Kier molecular flexibility index (Phi) is 1.79. The minimum atomic E-state index is -0.462. The van der Waals surface area contributed by atoms with Crippen molar-refractivity contribution in [2.75, 3.05) is 0 Å². The Hall–Kier alpha value is -1.87. The average molecular weight is 232 g/mol. The molecule has 4 heteroatoms. The maximum Gasteiger partial charge on any atom is 0.276 e. The Labute approximate surface area is 96.3 Å². The molecule has 2 aromatic carbocycles. The Bertz CT molecular complexity index is 585. The highest BCUT2D eigenvalue weighted by molar-refractivity contribution is 6.40. The van der Waals surface area contributed by atoms with Gasteiger partial charge in [-0.05, 0) is 17.5 Å². The van der Waals surface area contributed by atoms with Crippen molar-refractivity contribution in [3.05, 3.63) is 47.5 Å². The first-order valence-electron chi connectivity index (χ1n) is 4.76. The van der Waals surface area contributed by atoms with E-state index in [1.54, 1.807) is 24.3 Å². The van der Waals surface area contributed by atoms with Gasteiger partial charge in [-0.1, -0.05) is 24.3 Å². The van der Waals surface area contributed by atoms with E-state index in [2.05, 4.69) is 0 Å². The predicted octanol–water partition coefficient (Wildman–Crippen LogP) is 2.59. The molecular formula is C12H6ClNO2. The van der Waals surface area contributed by atoms with Gasteiger partial charge in [0.05, 0.1) is 0 Å². The summed E-state index contributed by atoms with van der Waals surface area (Å²) in [6, 6.07) is 10.6. The van der Waals surface area contributed by atoms with Gasteiger partial charge in [-0.25, -0.2) is 0 Å². The van der Waals surface area contributed by atoms with E-state index in [1.807, 2.05) is 12.1 Å². The molecule has 1 aliphatic heterocycles. The first kappa shape index (κ1) is 9.36. The highest BCUT2D eigenvalue weighted by atomic mass is 35.5. The summed E-state index contributed by atoms with van der Waals surface area (Å²) in [4.78, 5) is 23.6.